The summed E-state index contributed by atoms with van der Waals surface area (Å²) in [6.07, 6.45) is 0.434. The molecular weight excluding hydrogens is 231 g/mol. The van der Waals surface area contributed by atoms with Crippen LogP contribution in [0.4, 0.5) is 13.2 Å². The number of hydrogen-bond acceptors (Lipinski definition) is 2. The van der Waals surface area contributed by atoms with Crippen molar-refractivity contribution in [2.24, 2.45) is 5.92 Å². The van der Waals surface area contributed by atoms with Gasteiger partial charge in [-0.1, -0.05) is 33.1 Å². The van der Waals surface area contributed by atoms with E-state index in [1.807, 2.05) is 0 Å². The van der Waals surface area contributed by atoms with Crippen LogP contribution in [-0.2, 0) is 4.74 Å². The number of rotatable bonds is 10. The predicted octanol–water partition coefficient (Wildman–Crippen LogP) is 3.37. The first-order valence-corrected chi connectivity index (χ1v) is 6.34. The number of alkyl halides is 3. The molecule has 0 fully saturated rings. The standard InChI is InChI=1S/C12H24F3NO/c1-3-5-6-11(4-2)9-17-8-7-16-10-12(13,14)15/h11,16H,3-10H2,1-2H3. The van der Waals surface area contributed by atoms with E-state index in [4.69, 9.17) is 4.74 Å². The van der Waals surface area contributed by atoms with Crippen LogP contribution in [0.5, 0.6) is 0 Å². The van der Waals surface area contributed by atoms with Crippen LogP contribution in [-0.4, -0.2) is 32.5 Å². The summed E-state index contributed by atoms with van der Waals surface area (Å²) in [6.45, 7) is 4.58. The minimum Gasteiger partial charge on any atom is -0.380 e. The Hall–Kier alpha value is -0.290. The lowest BCUT2D eigenvalue weighted by atomic mass is 10.0. The van der Waals surface area contributed by atoms with Crippen molar-refractivity contribution in [3.63, 3.8) is 0 Å². The van der Waals surface area contributed by atoms with Crippen LogP contribution >= 0.6 is 0 Å². The summed E-state index contributed by atoms with van der Waals surface area (Å²) in [4.78, 5) is 0. The molecule has 5 heteroatoms. The monoisotopic (exact) mass is 255 g/mol. The Balaban J connectivity index is 3.36. The zero-order chi connectivity index (χ0) is 13.1. The molecule has 0 aliphatic carbocycles. The summed E-state index contributed by atoms with van der Waals surface area (Å²) < 4.78 is 40.7. The third kappa shape index (κ3) is 12.0. The maximum absolute atomic E-state index is 11.8. The van der Waals surface area contributed by atoms with E-state index >= 15 is 0 Å². The number of halogens is 3. The average Bonchev–Trinajstić information content (AvgIpc) is 2.25. The van der Waals surface area contributed by atoms with Crippen molar-refractivity contribution in [1.29, 1.82) is 0 Å². The van der Waals surface area contributed by atoms with E-state index in [1.54, 1.807) is 0 Å². The topological polar surface area (TPSA) is 21.3 Å². The van der Waals surface area contributed by atoms with Gasteiger partial charge in [0, 0.05) is 13.2 Å². The van der Waals surface area contributed by atoms with Crippen LogP contribution in [0.15, 0.2) is 0 Å². The third-order valence-corrected chi connectivity index (χ3v) is 2.65. The lowest BCUT2D eigenvalue weighted by Gasteiger charge is -2.15. The SMILES string of the molecule is CCCCC(CC)COCCNCC(F)(F)F. The average molecular weight is 255 g/mol. The first-order valence-electron chi connectivity index (χ1n) is 6.34. The molecular formula is C12H24F3NO. The fourth-order valence-corrected chi connectivity index (χ4v) is 1.52. The second kappa shape index (κ2) is 9.71. The summed E-state index contributed by atoms with van der Waals surface area (Å²) in [6, 6.07) is 0. The summed E-state index contributed by atoms with van der Waals surface area (Å²) in [5.74, 6) is 0.539. The van der Waals surface area contributed by atoms with Gasteiger partial charge in [-0.2, -0.15) is 13.2 Å². The van der Waals surface area contributed by atoms with Crippen molar-refractivity contribution < 1.29 is 17.9 Å². The van der Waals surface area contributed by atoms with Crippen molar-refractivity contribution in [3.8, 4) is 0 Å². The predicted molar refractivity (Wildman–Crippen MR) is 63.0 cm³/mol. The minimum absolute atomic E-state index is 0.254. The second-order valence-electron chi connectivity index (χ2n) is 4.28. The van der Waals surface area contributed by atoms with E-state index in [1.165, 1.54) is 12.8 Å². The minimum atomic E-state index is -4.13. The van der Waals surface area contributed by atoms with Gasteiger partial charge >= 0.3 is 6.18 Å². The second-order valence-corrected chi connectivity index (χ2v) is 4.28. The first kappa shape index (κ1) is 16.7. The number of unbranched alkanes of at least 4 members (excludes halogenated alkanes) is 1. The summed E-state index contributed by atoms with van der Waals surface area (Å²) in [5, 5.41) is 2.31. The van der Waals surface area contributed by atoms with Crippen LogP contribution in [0.25, 0.3) is 0 Å². The molecule has 0 spiro atoms. The summed E-state index contributed by atoms with van der Waals surface area (Å²) in [5.41, 5.74) is 0. The van der Waals surface area contributed by atoms with Crippen LogP contribution < -0.4 is 5.32 Å². The molecule has 0 saturated carbocycles. The Kier molecular flexibility index (Phi) is 9.55. The van der Waals surface area contributed by atoms with E-state index in [2.05, 4.69) is 19.2 Å². The maximum Gasteiger partial charge on any atom is 0.401 e. The normalized spacial score (nSPS) is 13.9. The van der Waals surface area contributed by atoms with Crippen molar-refractivity contribution in [2.45, 2.75) is 45.7 Å². The molecule has 0 radical (unpaired) electrons. The largest absolute Gasteiger partial charge is 0.401 e. The van der Waals surface area contributed by atoms with Gasteiger partial charge in [0.25, 0.3) is 0 Å². The quantitative estimate of drug-likeness (QED) is 0.604. The highest BCUT2D eigenvalue weighted by Crippen LogP contribution is 2.13. The molecule has 0 heterocycles. The van der Waals surface area contributed by atoms with Crippen LogP contribution in [0.2, 0.25) is 0 Å². The van der Waals surface area contributed by atoms with Gasteiger partial charge in [0.2, 0.25) is 0 Å². The van der Waals surface area contributed by atoms with Crippen molar-refractivity contribution in [2.75, 3.05) is 26.3 Å². The van der Waals surface area contributed by atoms with Gasteiger partial charge in [0.15, 0.2) is 0 Å². The molecule has 0 aliphatic heterocycles. The van der Waals surface area contributed by atoms with Gasteiger partial charge in [-0.25, -0.2) is 0 Å². The molecule has 0 aromatic heterocycles. The van der Waals surface area contributed by atoms with Gasteiger partial charge in [-0.05, 0) is 12.3 Å². The molecule has 1 unspecified atom stereocenters. The lowest BCUT2D eigenvalue weighted by Crippen LogP contribution is -2.31. The summed E-state index contributed by atoms with van der Waals surface area (Å²) in [7, 11) is 0. The lowest BCUT2D eigenvalue weighted by molar-refractivity contribution is -0.125. The number of hydrogen-bond donors (Lipinski definition) is 1. The molecule has 0 amide bonds. The molecule has 0 saturated heterocycles. The highest BCUT2D eigenvalue weighted by molar-refractivity contribution is 4.57. The molecule has 0 aliphatic rings. The number of ether oxygens (including phenoxy) is 1. The maximum atomic E-state index is 11.8. The Morgan fingerprint density at radius 2 is 1.94 bits per heavy atom. The molecule has 0 rings (SSSR count). The van der Waals surface area contributed by atoms with Gasteiger partial charge in [0.1, 0.15) is 0 Å². The zero-order valence-corrected chi connectivity index (χ0v) is 10.8. The molecule has 1 atom stereocenters. The molecule has 104 valence electrons. The fraction of sp³-hybridized carbons (Fsp3) is 1.00. The fourth-order valence-electron chi connectivity index (χ4n) is 1.52. The zero-order valence-electron chi connectivity index (χ0n) is 10.8. The molecule has 17 heavy (non-hydrogen) atoms. The van der Waals surface area contributed by atoms with Crippen LogP contribution in [0.1, 0.15) is 39.5 Å². The summed E-state index contributed by atoms with van der Waals surface area (Å²) >= 11 is 0. The molecule has 1 N–H and O–H groups in total. The van der Waals surface area contributed by atoms with Crippen LogP contribution in [0.3, 0.4) is 0 Å². The number of nitrogens with one attached hydrogen (secondary N) is 1. The van der Waals surface area contributed by atoms with Crippen molar-refractivity contribution in [1.82, 2.24) is 5.32 Å². The first-order chi connectivity index (χ1) is 7.99. The highest BCUT2D eigenvalue weighted by Gasteiger charge is 2.25. The van der Waals surface area contributed by atoms with Gasteiger partial charge in [0.05, 0.1) is 13.2 Å². The Morgan fingerprint density at radius 3 is 2.47 bits per heavy atom. The molecule has 0 aromatic carbocycles. The van der Waals surface area contributed by atoms with E-state index in [0.29, 0.717) is 19.1 Å². The third-order valence-electron chi connectivity index (χ3n) is 2.65. The van der Waals surface area contributed by atoms with E-state index in [-0.39, 0.29) is 6.54 Å². The highest BCUT2D eigenvalue weighted by atomic mass is 19.4. The van der Waals surface area contributed by atoms with Gasteiger partial charge < -0.3 is 10.1 Å². The van der Waals surface area contributed by atoms with Crippen molar-refractivity contribution >= 4 is 0 Å². The smallest absolute Gasteiger partial charge is 0.380 e. The van der Waals surface area contributed by atoms with E-state index in [0.717, 1.165) is 12.8 Å². The Morgan fingerprint density at radius 1 is 1.24 bits per heavy atom. The Labute approximate surface area is 102 Å². The van der Waals surface area contributed by atoms with Gasteiger partial charge in [-0.3, -0.25) is 0 Å². The van der Waals surface area contributed by atoms with E-state index in [9.17, 15) is 13.2 Å². The van der Waals surface area contributed by atoms with E-state index < -0.39 is 12.7 Å². The Bertz CT molecular complexity index is 174. The van der Waals surface area contributed by atoms with Gasteiger partial charge in [-0.15, -0.1) is 0 Å². The molecule has 0 bridgehead atoms. The molecule has 2 nitrogen and oxygen atoms in total. The molecule has 0 aromatic rings. The van der Waals surface area contributed by atoms with Crippen molar-refractivity contribution in [3.05, 3.63) is 0 Å². The van der Waals surface area contributed by atoms with Crippen LogP contribution in [0, 0.1) is 5.92 Å².